The van der Waals surface area contributed by atoms with Crippen LogP contribution in [0.3, 0.4) is 0 Å². The summed E-state index contributed by atoms with van der Waals surface area (Å²) in [4.78, 5) is 13.0. The van der Waals surface area contributed by atoms with E-state index in [9.17, 15) is 13.2 Å². The van der Waals surface area contributed by atoms with E-state index in [1.807, 2.05) is 13.0 Å². The Bertz CT molecular complexity index is 980. The molecule has 0 spiro atoms. The van der Waals surface area contributed by atoms with Gasteiger partial charge in [-0.05, 0) is 49.2 Å². The fourth-order valence-corrected chi connectivity index (χ4v) is 4.31. The van der Waals surface area contributed by atoms with E-state index >= 15 is 0 Å². The van der Waals surface area contributed by atoms with E-state index in [2.05, 4.69) is 5.32 Å². The molecule has 0 heterocycles. The third kappa shape index (κ3) is 5.10. The molecule has 28 heavy (non-hydrogen) atoms. The lowest BCUT2D eigenvalue weighted by atomic mass is 10.1. The average molecular weight is 445 g/mol. The SMILES string of the molecule is CCC(C(=O)Nc1cc(C)ccc1OC)N(c1ccc(Cl)c(Cl)c1)S(C)(=O)=O. The Morgan fingerprint density at radius 3 is 2.39 bits per heavy atom. The van der Waals surface area contributed by atoms with Gasteiger partial charge in [0.25, 0.3) is 0 Å². The Kier molecular flexibility index (Phi) is 7.20. The maximum atomic E-state index is 13.0. The van der Waals surface area contributed by atoms with Gasteiger partial charge in [0, 0.05) is 0 Å². The number of ether oxygens (including phenoxy) is 1. The van der Waals surface area contributed by atoms with Crippen LogP contribution in [-0.4, -0.2) is 33.7 Å². The van der Waals surface area contributed by atoms with Crippen molar-refractivity contribution in [2.75, 3.05) is 23.0 Å². The van der Waals surface area contributed by atoms with Crippen LogP contribution in [0.4, 0.5) is 11.4 Å². The fraction of sp³-hybridized carbons (Fsp3) is 0.316. The summed E-state index contributed by atoms with van der Waals surface area (Å²) >= 11 is 12.0. The van der Waals surface area contributed by atoms with Crippen molar-refractivity contribution in [2.24, 2.45) is 0 Å². The number of anilines is 2. The summed E-state index contributed by atoms with van der Waals surface area (Å²) in [6.45, 7) is 3.61. The summed E-state index contributed by atoms with van der Waals surface area (Å²) in [5, 5.41) is 3.26. The maximum Gasteiger partial charge on any atom is 0.248 e. The lowest BCUT2D eigenvalue weighted by Crippen LogP contribution is -2.47. The Hall–Kier alpha value is -1.96. The fourth-order valence-electron chi connectivity index (χ4n) is 2.82. The molecule has 0 saturated heterocycles. The molecular formula is C19H22Cl2N2O4S. The van der Waals surface area contributed by atoms with Gasteiger partial charge in [-0.3, -0.25) is 9.10 Å². The van der Waals surface area contributed by atoms with Gasteiger partial charge in [-0.2, -0.15) is 0 Å². The summed E-state index contributed by atoms with van der Waals surface area (Å²) in [6.07, 6.45) is 1.28. The first-order valence-electron chi connectivity index (χ1n) is 8.48. The van der Waals surface area contributed by atoms with Crippen molar-refractivity contribution in [1.82, 2.24) is 0 Å². The molecule has 1 amide bonds. The van der Waals surface area contributed by atoms with Crippen LogP contribution in [0.5, 0.6) is 5.75 Å². The van der Waals surface area contributed by atoms with Crippen LogP contribution < -0.4 is 14.4 Å². The second-order valence-electron chi connectivity index (χ2n) is 6.27. The molecule has 1 atom stereocenters. The molecule has 152 valence electrons. The molecule has 0 saturated carbocycles. The first-order valence-corrected chi connectivity index (χ1v) is 11.1. The molecule has 0 aliphatic heterocycles. The molecule has 2 rings (SSSR count). The van der Waals surface area contributed by atoms with Crippen molar-refractivity contribution in [1.29, 1.82) is 0 Å². The van der Waals surface area contributed by atoms with E-state index in [1.54, 1.807) is 19.1 Å². The highest BCUT2D eigenvalue weighted by atomic mass is 35.5. The van der Waals surface area contributed by atoms with Gasteiger partial charge < -0.3 is 10.1 Å². The number of carbonyl (C=O) groups is 1. The van der Waals surface area contributed by atoms with Gasteiger partial charge in [0.15, 0.2) is 0 Å². The maximum absolute atomic E-state index is 13.0. The number of amides is 1. The van der Waals surface area contributed by atoms with E-state index in [-0.39, 0.29) is 17.1 Å². The molecule has 0 aliphatic rings. The van der Waals surface area contributed by atoms with Gasteiger partial charge in [-0.25, -0.2) is 8.42 Å². The van der Waals surface area contributed by atoms with Crippen LogP contribution in [0.25, 0.3) is 0 Å². The molecule has 9 heteroatoms. The Labute approximate surface area is 175 Å². The van der Waals surface area contributed by atoms with Crippen molar-refractivity contribution in [3.05, 3.63) is 52.0 Å². The van der Waals surface area contributed by atoms with Crippen LogP contribution >= 0.6 is 23.2 Å². The zero-order valence-corrected chi connectivity index (χ0v) is 18.3. The minimum atomic E-state index is -3.78. The highest BCUT2D eigenvalue weighted by Gasteiger charge is 2.32. The number of hydrogen-bond acceptors (Lipinski definition) is 4. The number of benzene rings is 2. The standard InChI is InChI=1S/C19H22Cl2N2O4S/c1-5-17(19(24)22-16-10-12(2)6-9-18(16)27-3)23(28(4,25)26)13-7-8-14(20)15(21)11-13/h6-11,17H,5H2,1-4H3,(H,22,24). The summed E-state index contributed by atoms with van der Waals surface area (Å²) in [7, 11) is -2.28. The molecule has 1 N–H and O–H groups in total. The Morgan fingerprint density at radius 2 is 1.86 bits per heavy atom. The van der Waals surface area contributed by atoms with E-state index in [4.69, 9.17) is 27.9 Å². The number of nitrogens with one attached hydrogen (secondary N) is 1. The number of hydrogen-bond donors (Lipinski definition) is 1. The van der Waals surface area contributed by atoms with Crippen LogP contribution in [0.1, 0.15) is 18.9 Å². The quantitative estimate of drug-likeness (QED) is 0.681. The summed E-state index contributed by atoms with van der Waals surface area (Å²) in [5.74, 6) is -0.00264. The lowest BCUT2D eigenvalue weighted by molar-refractivity contribution is -0.117. The third-order valence-corrected chi connectivity index (χ3v) is 6.02. The minimum absolute atomic E-state index is 0.198. The van der Waals surface area contributed by atoms with Crippen LogP contribution in [0.15, 0.2) is 36.4 Å². The number of nitrogens with zero attached hydrogens (tertiary/aromatic N) is 1. The van der Waals surface area contributed by atoms with Crippen molar-refractivity contribution in [2.45, 2.75) is 26.3 Å². The normalized spacial score (nSPS) is 12.4. The van der Waals surface area contributed by atoms with Gasteiger partial charge in [-0.1, -0.05) is 36.2 Å². The topological polar surface area (TPSA) is 75.7 Å². The molecule has 0 radical (unpaired) electrons. The molecule has 6 nitrogen and oxygen atoms in total. The number of methoxy groups -OCH3 is 1. The average Bonchev–Trinajstić information content (AvgIpc) is 2.61. The van der Waals surface area contributed by atoms with E-state index < -0.39 is 22.0 Å². The van der Waals surface area contributed by atoms with Crippen molar-refractivity contribution < 1.29 is 17.9 Å². The van der Waals surface area contributed by atoms with Gasteiger partial charge in [0.2, 0.25) is 15.9 Å². The summed E-state index contributed by atoms with van der Waals surface area (Å²) in [6, 6.07) is 8.78. The molecule has 0 fully saturated rings. The number of halogens is 2. The van der Waals surface area contributed by atoms with Gasteiger partial charge in [-0.15, -0.1) is 0 Å². The second kappa shape index (κ2) is 9.03. The Morgan fingerprint density at radius 1 is 1.18 bits per heavy atom. The predicted octanol–water partition coefficient (Wildman–Crippen LogP) is 4.49. The highest BCUT2D eigenvalue weighted by Crippen LogP contribution is 2.31. The van der Waals surface area contributed by atoms with Gasteiger partial charge >= 0.3 is 0 Å². The zero-order valence-electron chi connectivity index (χ0n) is 16.0. The summed E-state index contributed by atoms with van der Waals surface area (Å²) < 4.78 is 31.3. The van der Waals surface area contributed by atoms with Crippen molar-refractivity contribution in [3.63, 3.8) is 0 Å². The molecular weight excluding hydrogens is 423 g/mol. The lowest BCUT2D eigenvalue weighted by Gasteiger charge is -2.30. The Balaban J connectivity index is 2.45. The largest absolute Gasteiger partial charge is 0.495 e. The van der Waals surface area contributed by atoms with E-state index in [0.717, 1.165) is 16.1 Å². The van der Waals surface area contributed by atoms with Crippen LogP contribution in [0.2, 0.25) is 10.0 Å². The van der Waals surface area contributed by atoms with Crippen molar-refractivity contribution >= 4 is 50.5 Å². The number of aryl methyl sites for hydroxylation is 1. The highest BCUT2D eigenvalue weighted by molar-refractivity contribution is 7.92. The van der Waals surface area contributed by atoms with Gasteiger partial charge in [0.05, 0.1) is 34.8 Å². The molecule has 0 aromatic heterocycles. The smallest absolute Gasteiger partial charge is 0.248 e. The second-order valence-corrected chi connectivity index (χ2v) is 8.95. The van der Waals surface area contributed by atoms with Crippen LogP contribution in [-0.2, 0) is 14.8 Å². The van der Waals surface area contributed by atoms with Crippen LogP contribution in [0, 0.1) is 6.92 Å². The minimum Gasteiger partial charge on any atom is -0.495 e. The molecule has 0 bridgehead atoms. The number of carbonyl (C=O) groups excluding carboxylic acids is 1. The van der Waals surface area contributed by atoms with E-state index in [1.165, 1.54) is 25.3 Å². The number of rotatable bonds is 7. The molecule has 0 aliphatic carbocycles. The first-order chi connectivity index (χ1) is 13.1. The third-order valence-electron chi connectivity index (χ3n) is 4.10. The molecule has 2 aromatic carbocycles. The first kappa shape index (κ1) is 22.3. The van der Waals surface area contributed by atoms with Crippen molar-refractivity contribution in [3.8, 4) is 5.75 Å². The predicted molar refractivity (Wildman–Crippen MR) is 114 cm³/mol. The van der Waals surface area contributed by atoms with Gasteiger partial charge in [0.1, 0.15) is 11.8 Å². The monoisotopic (exact) mass is 444 g/mol. The zero-order chi connectivity index (χ0) is 21.1. The molecule has 1 unspecified atom stereocenters. The van der Waals surface area contributed by atoms with E-state index in [0.29, 0.717) is 16.5 Å². The summed E-state index contributed by atoms with van der Waals surface area (Å²) in [5.41, 5.74) is 1.65. The molecule has 2 aromatic rings. The number of sulfonamides is 1.